The van der Waals surface area contributed by atoms with Gasteiger partial charge in [-0.15, -0.1) is 0 Å². The topological polar surface area (TPSA) is 47.6 Å². The van der Waals surface area contributed by atoms with Crippen LogP contribution in [0.25, 0.3) is 0 Å². The summed E-state index contributed by atoms with van der Waals surface area (Å²) in [5.74, 6) is 0. The molecule has 28 valence electrons. The molecule has 0 aliphatic heterocycles. The van der Waals surface area contributed by atoms with Crippen molar-refractivity contribution in [2.45, 2.75) is 0 Å². The molecule has 0 amide bonds. The van der Waals surface area contributed by atoms with Gasteiger partial charge in [0.15, 0.2) is 12.1 Å². The fraction of sp³-hybridized carbons (Fsp3) is 0. The Morgan fingerprint density at radius 1 is 1.00 bits per heavy atom. The van der Waals surface area contributed by atoms with Crippen LogP contribution in [0.5, 0.6) is 0 Å². The molecule has 0 atom stereocenters. The molecule has 0 saturated carbocycles. The van der Waals surface area contributed by atoms with Gasteiger partial charge in [-0.25, -0.2) is 0 Å². The van der Waals surface area contributed by atoms with Crippen LogP contribution in [0.15, 0.2) is 0 Å². The van der Waals surface area contributed by atoms with E-state index in [0.29, 0.717) is 0 Å². The third kappa shape index (κ3) is 19.3. The van der Waals surface area contributed by atoms with Crippen LogP contribution in [0.2, 0.25) is 0 Å². The van der Waals surface area contributed by atoms with E-state index in [9.17, 15) is 0 Å². The van der Waals surface area contributed by atoms with E-state index in [1.807, 2.05) is 0 Å². The van der Waals surface area contributed by atoms with Crippen molar-refractivity contribution in [1.29, 1.82) is 10.5 Å². The zero-order chi connectivity index (χ0) is 3.41. The third-order valence-electron chi connectivity index (χ3n) is 0.0500. The van der Waals surface area contributed by atoms with Gasteiger partial charge in [-0.2, -0.15) is 10.5 Å². The van der Waals surface area contributed by atoms with Crippen LogP contribution in [0.4, 0.5) is 0 Å². The van der Waals surface area contributed by atoms with Crippen LogP contribution >= 0.6 is 0 Å². The number of nitrogens with zero attached hydrogens (tertiary/aromatic N) is 2. The molecular weight excluding hydrogens is 147 g/mol. The minimum atomic E-state index is 0. The molecule has 0 aromatic carbocycles. The van der Waals surface area contributed by atoms with Crippen LogP contribution in [0.3, 0.4) is 0 Å². The summed E-state index contributed by atoms with van der Waals surface area (Å²) in [4.78, 5) is 0. The summed E-state index contributed by atoms with van der Waals surface area (Å²) in [5.41, 5.74) is 0. The summed E-state index contributed by atoms with van der Waals surface area (Å²) >= 11 is 0. The van der Waals surface area contributed by atoms with Gasteiger partial charge < -0.3 is 0 Å². The summed E-state index contributed by atoms with van der Waals surface area (Å²) in [6, 6.07) is 2.47. The molecule has 0 N–H and O–H groups in total. The van der Waals surface area contributed by atoms with Crippen molar-refractivity contribution in [2.75, 3.05) is 0 Å². The molecule has 0 unspecified atom stereocenters. The van der Waals surface area contributed by atoms with Crippen molar-refractivity contribution in [3.8, 4) is 12.1 Å². The van der Waals surface area contributed by atoms with Crippen molar-refractivity contribution in [3.63, 3.8) is 0 Å². The molecule has 0 bridgehead atoms. The van der Waals surface area contributed by atoms with Crippen molar-refractivity contribution in [1.82, 2.24) is 0 Å². The number of hydrogen-bond donors (Lipinski definition) is 0. The second kappa shape index (κ2) is 16.5. The van der Waals surface area contributed by atoms with Crippen LogP contribution in [0.1, 0.15) is 0 Å². The molecule has 0 aromatic heterocycles. The Hall–Kier alpha value is 1.14. The van der Waals surface area contributed by atoms with Crippen LogP contribution < -0.4 is 0 Å². The van der Waals surface area contributed by atoms with E-state index in [2.05, 4.69) is 0 Å². The second-order valence-electron chi connectivity index (χ2n) is 0.224. The fourth-order valence-electron chi connectivity index (χ4n) is 0. The molecule has 0 rings (SSSR count). The molecular formula is C2HFeKN2. The van der Waals surface area contributed by atoms with Crippen molar-refractivity contribution < 1.29 is 17.1 Å². The van der Waals surface area contributed by atoms with Gasteiger partial charge in [-0.3, -0.25) is 0 Å². The van der Waals surface area contributed by atoms with E-state index in [4.69, 9.17) is 10.5 Å². The first kappa shape index (κ1) is 15.7. The molecule has 6 heavy (non-hydrogen) atoms. The van der Waals surface area contributed by atoms with Gasteiger partial charge >= 0.3 is 51.4 Å². The van der Waals surface area contributed by atoms with Gasteiger partial charge in [0.1, 0.15) is 0 Å². The molecule has 0 aromatic rings. The van der Waals surface area contributed by atoms with Crippen LogP contribution in [0, 0.1) is 22.7 Å². The van der Waals surface area contributed by atoms with E-state index in [1.165, 1.54) is 12.1 Å². The molecule has 4 heteroatoms. The first-order valence-corrected chi connectivity index (χ1v) is 0.697. The Morgan fingerprint density at radius 2 is 1.17 bits per heavy atom. The molecule has 0 saturated heterocycles. The summed E-state index contributed by atoms with van der Waals surface area (Å²) in [5, 5.41) is 14.5. The van der Waals surface area contributed by atoms with E-state index in [0.717, 1.165) is 0 Å². The van der Waals surface area contributed by atoms with Gasteiger partial charge in [-0.05, 0) is 0 Å². The average Bonchev–Trinajstić information content (AvgIpc) is 1.37. The predicted molar refractivity (Wildman–Crippen MR) is 18.4 cm³/mol. The molecule has 0 spiro atoms. The van der Waals surface area contributed by atoms with Gasteiger partial charge in [0, 0.05) is 17.1 Å². The quantitative estimate of drug-likeness (QED) is 0.430. The van der Waals surface area contributed by atoms with E-state index in [1.54, 1.807) is 0 Å². The minimum absolute atomic E-state index is 0. The van der Waals surface area contributed by atoms with Gasteiger partial charge in [-0.1, -0.05) is 0 Å². The Balaban J connectivity index is -0.0000000450. The summed E-state index contributed by atoms with van der Waals surface area (Å²) in [6.07, 6.45) is 0. The normalized spacial score (nSPS) is 1.67. The van der Waals surface area contributed by atoms with Crippen molar-refractivity contribution >= 4 is 51.4 Å². The van der Waals surface area contributed by atoms with E-state index >= 15 is 0 Å². The number of rotatable bonds is 0. The second-order valence-corrected chi connectivity index (χ2v) is 0.224. The summed E-state index contributed by atoms with van der Waals surface area (Å²) in [6.45, 7) is 0. The van der Waals surface area contributed by atoms with Crippen LogP contribution in [-0.4, -0.2) is 51.4 Å². The third-order valence-corrected chi connectivity index (χ3v) is 0.0500. The summed E-state index contributed by atoms with van der Waals surface area (Å²) < 4.78 is 0. The number of nitriles is 2. The summed E-state index contributed by atoms with van der Waals surface area (Å²) in [7, 11) is 0. The van der Waals surface area contributed by atoms with Gasteiger partial charge in [0.25, 0.3) is 0 Å². The van der Waals surface area contributed by atoms with E-state index in [-0.39, 0.29) is 68.5 Å². The van der Waals surface area contributed by atoms with E-state index < -0.39 is 0 Å². The average molecular weight is 148 g/mol. The Bertz CT molecular complexity index is 66.5. The van der Waals surface area contributed by atoms with Gasteiger partial charge in [0.05, 0.1) is 0 Å². The molecule has 0 radical (unpaired) electrons. The Kier molecular flexibility index (Phi) is 43.1. The first-order chi connectivity index (χ1) is 1.91. The fourth-order valence-corrected chi connectivity index (χ4v) is 0. The zero-order valence-corrected chi connectivity index (χ0v) is 3.35. The SMILES string of the molecule is N#CC#N.[Fe].[KH]. The Morgan fingerprint density at radius 3 is 1.17 bits per heavy atom. The predicted octanol–water partition coefficient (Wildman–Crippen LogP) is -0.617. The maximum atomic E-state index is 7.26. The molecule has 0 fully saturated rings. The van der Waals surface area contributed by atoms with Crippen molar-refractivity contribution in [2.24, 2.45) is 0 Å². The molecule has 2 nitrogen and oxygen atoms in total. The number of hydrogen-bond acceptors (Lipinski definition) is 2. The Labute approximate surface area is 89.4 Å². The first-order valence-electron chi connectivity index (χ1n) is 0.697. The molecule has 0 aliphatic carbocycles. The molecule has 0 aliphatic rings. The van der Waals surface area contributed by atoms with Crippen molar-refractivity contribution in [3.05, 3.63) is 0 Å². The van der Waals surface area contributed by atoms with Gasteiger partial charge in [0.2, 0.25) is 0 Å². The maximum absolute atomic E-state index is 7.26. The monoisotopic (exact) mass is 148 g/mol. The zero-order valence-electron chi connectivity index (χ0n) is 2.25. The standard InChI is InChI=1S/C2N2.Fe.K.H/c3-1-2-4;;;. The van der Waals surface area contributed by atoms with Crippen LogP contribution in [-0.2, 0) is 17.1 Å². The molecule has 0 heterocycles.